The molecule has 1 saturated heterocycles. The highest BCUT2D eigenvalue weighted by Gasteiger charge is 2.45. The molecule has 1 fully saturated rings. The fraction of sp³-hybridized carbons (Fsp3) is 0.889. The van der Waals surface area contributed by atoms with Gasteiger partial charge in [0.05, 0.1) is 0 Å². The average molecular weight is 171 g/mol. The molecule has 1 aliphatic heterocycles. The fourth-order valence-electron chi connectivity index (χ4n) is 1.53. The molecule has 0 spiro atoms. The molecule has 3 nitrogen and oxygen atoms in total. The van der Waals surface area contributed by atoms with Crippen molar-refractivity contribution in [2.24, 2.45) is 5.41 Å². The van der Waals surface area contributed by atoms with E-state index in [-0.39, 0.29) is 17.4 Å². The van der Waals surface area contributed by atoms with Crippen LogP contribution < -0.4 is 0 Å². The molecule has 0 radical (unpaired) electrons. The van der Waals surface area contributed by atoms with Gasteiger partial charge in [-0.2, -0.15) is 0 Å². The maximum atomic E-state index is 11.4. The third-order valence-corrected chi connectivity index (χ3v) is 2.46. The van der Waals surface area contributed by atoms with Gasteiger partial charge in [0, 0.05) is 18.0 Å². The van der Waals surface area contributed by atoms with Crippen LogP contribution in [0.4, 0.5) is 0 Å². The molecule has 12 heavy (non-hydrogen) atoms. The first-order valence-electron chi connectivity index (χ1n) is 4.35. The fourth-order valence-corrected chi connectivity index (χ4v) is 1.53. The Kier molecular flexibility index (Phi) is 2.17. The van der Waals surface area contributed by atoms with Crippen LogP contribution in [-0.2, 0) is 4.79 Å². The van der Waals surface area contributed by atoms with Gasteiger partial charge in [0.2, 0.25) is 0 Å². The summed E-state index contributed by atoms with van der Waals surface area (Å²) in [4.78, 5) is 13.2. The highest BCUT2D eigenvalue weighted by Crippen LogP contribution is 2.31. The van der Waals surface area contributed by atoms with Crippen LogP contribution in [0.3, 0.4) is 0 Å². The molecular formula is C9H17NO2. The van der Waals surface area contributed by atoms with Crippen LogP contribution in [0.1, 0.15) is 27.7 Å². The highest BCUT2D eigenvalue weighted by molar-refractivity contribution is 5.84. The first kappa shape index (κ1) is 9.52. The van der Waals surface area contributed by atoms with E-state index in [1.807, 2.05) is 27.7 Å². The molecule has 1 atom stereocenters. The van der Waals surface area contributed by atoms with Crippen molar-refractivity contribution in [1.82, 2.24) is 4.90 Å². The number of carbonyl (C=O) groups is 1. The van der Waals surface area contributed by atoms with Crippen LogP contribution in [0.15, 0.2) is 0 Å². The normalized spacial score (nSPS) is 28.7. The summed E-state index contributed by atoms with van der Waals surface area (Å²) >= 11 is 0. The predicted octanol–water partition coefficient (Wildman–Crippen LogP) is 0.624. The zero-order chi connectivity index (χ0) is 9.52. The third-order valence-electron chi connectivity index (χ3n) is 2.46. The number of likely N-dealkylation sites (tertiary alicyclic amines) is 1. The van der Waals surface area contributed by atoms with Gasteiger partial charge in [-0.3, -0.25) is 4.79 Å². The van der Waals surface area contributed by atoms with Crippen molar-refractivity contribution in [1.29, 1.82) is 0 Å². The molecular weight excluding hydrogens is 154 g/mol. The maximum absolute atomic E-state index is 11.4. The second kappa shape index (κ2) is 2.73. The number of rotatable bonds is 1. The molecule has 0 aliphatic carbocycles. The number of hydrogen-bond acceptors (Lipinski definition) is 2. The first-order valence-corrected chi connectivity index (χ1v) is 4.35. The molecule has 1 heterocycles. The predicted molar refractivity (Wildman–Crippen MR) is 46.6 cm³/mol. The van der Waals surface area contributed by atoms with E-state index in [2.05, 4.69) is 0 Å². The molecule has 0 saturated carbocycles. The van der Waals surface area contributed by atoms with E-state index in [1.54, 1.807) is 4.90 Å². The van der Waals surface area contributed by atoms with Gasteiger partial charge in [-0.25, -0.2) is 0 Å². The van der Waals surface area contributed by atoms with Gasteiger partial charge >= 0.3 is 0 Å². The number of hydrogen-bond donors (Lipinski definition) is 1. The Morgan fingerprint density at radius 1 is 1.58 bits per heavy atom. The van der Waals surface area contributed by atoms with Gasteiger partial charge in [0.25, 0.3) is 5.91 Å². The molecule has 0 bridgehead atoms. The Hall–Kier alpha value is -0.570. The van der Waals surface area contributed by atoms with Crippen LogP contribution >= 0.6 is 0 Å². The molecule has 1 amide bonds. The second-order valence-electron chi connectivity index (χ2n) is 4.45. The minimum absolute atomic E-state index is 0.130. The van der Waals surface area contributed by atoms with Crippen molar-refractivity contribution in [3.8, 4) is 0 Å². The van der Waals surface area contributed by atoms with Crippen molar-refractivity contribution in [3.63, 3.8) is 0 Å². The Bertz CT molecular complexity index is 199. The van der Waals surface area contributed by atoms with Crippen LogP contribution in [0.25, 0.3) is 0 Å². The minimum atomic E-state index is -0.820. The van der Waals surface area contributed by atoms with Gasteiger partial charge in [-0.05, 0) is 13.8 Å². The molecule has 1 N–H and O–H groups in total. The average Bonchev–Trinajstić information content (AvgIpc) is 2.14. The van der Waals surface area contributed by atoms with Gasteiger partial charge in [-0.15, -0.1) is 0 Å². The van der Waals surface area contributed by atoms with E-state index in [9.17, 15) is 9.90 Å². The van der Waals surface area contributed by atoms with Gasteiger partial charge in [-0.1, -0.05) is 13.8 Å². The second-order valence-corrected chi connectivity index (χ2v) is 4.45. The standard InChI is InChI=1S/C9H17NO2/c1-6(2)10-5-9(3,4)7(11)8(10)12/h6-7,11H,5H2,1-4H3/t7-/m1/s1. The summed E-state index contributed by atoms with van der Waals surface area (Å²) in [6.45, 7) is 8.42. The zero-order valence-electron chi connectivity index (χ0n) is 8.16. The van der Waals surface area contributed by atoms with Gasteiger partial charge in [0.1, 0.15) is 6.10 Å². The molecule has 0 aromatic rings. The van der Waals surface area contributed by atoms with E-state index in [4.69, 9.17) is 0 Å². The van der Waals surface area contributed by atoms with E-state index in [0.717, 1.165) is 0 Å². The highest BCUT2D eigenvalue weighted by atomic mass is 16.3. The molecule has 0 unspecified atom stereocenters. The van der Waals surface area contributed by atoms with Crippen LogP contribution in [-0.4, -0.2) is 34.6 Å². The van der Waals surface area contributed by atoms with Crippen LogP contribution in [0.2, 0.25) is 0 Å². The number of amides is 1. The monoisotopic (exact) mass is 171 g/mol. The van der Waals surface area contributed by atoms with E-state index < -0.39 is 6.10 Å². The van der Waals surface area contributed by atoms with Crippen LogP contribution in [0, 0.1) is 5.41 Å². The smallest absolute Gasteiger partial charge is 0.252 e. The van der Waals surface area contributed by atoms with Crippen molar-refractivity contribution in [2.75, 3.05) is 6.54 Å². The Morgan fingerprint density at radius 3 is 2.25 bits per heavy atom. The van der Waals surface area contributed by atoms with E-state index in [0.29, 0.717) is 6.54 Å². The lowest BCUT2D eigenvalue weighted by atomic mass is 9.90. The molecule has 0 aromatic heterocycles. The summed E-state index contributed by atoms with van der Waals surface area (Å²) < 4.78 is 0. The van der Waals surface area contributed by atoms with E-state index in [1.165, 1.54) is 0 Å². The lowest BCUT2D eigenvalue weighted by molar-refractivity contribution is -0.137. The SMILES string of the molecule is CC(C)N1CC(C)(C)[C@H](O)C1=O. The molecule has 1 rings (SSSR count). The summed E-state index contributed by atoms with van der Waals surface area (Å²) in [7, 11) is 0. The van der Waals surface area contributed by atoms with E-state index >= 15 is 0 Å². The molecule has 1 aliphatic rings. The summed E-state index contributed by atoms with van der Waals surface area (Å²) in [5.41, 5.74) is -0.290. The largest absolute Gasteiger partial charge is 0.383 e. The molecule has 70 valence electrons. The summed E-state index contributed by atoms with van der Waals surface area (Å²) in [5.74, 6) is -0.130. The Balaban J connectivity index is 2.81. The van der Waals surface area contributed by atoms with Crippen molar-refractivity contribution >= 4 is 5.91 Å². The van der Waals surface area contributed by atoms with Crippen molar-refractivity contribution in [2.45, 2.75) is 39.8 Å². The van der Waals surface area contributed by atoms with Gasteiger partial charge in [0.15, 0.2) is 0 Å². The lowest BCUT2D eigenvalue weighted by Gasteiger charge is -2.22. The van der Waals surface area contributed by atoms with Crippen molar-refractivity contribution < 1.29 is 9.90 Å². The minimum Gasteiger partial charge on any atom is -0.383 e. The number of aliphatic hydroxyl groups excluding tert-OH is 1. The van der Waals surface area contributed by atoms with Crippen molar-refractivity contribution in [3.05, 3.63) is 0 Å². The maximum Gasteiger partial charge on any atom is 0.252 e. The molecule has 3 heteroatoms. The first-order chi connectivity index (χ1) is 5.36. The summed E-state index contributed by atoms with van der Waals surface area (Å²) in [6, 6.07) is 0.189. The Labute approximate surface area is 73.4 Å². The lowest BCUT2D eigenvalue weighted by Crippen LogP contribution is -2.34. The summed E-state index contributed by atoms with van der Waals surface area (Å²) in [6.07, 6.45) is -0.820. The summed E-state index contributed by atoms with van der Waals surface area (Å²) in [5, 5.41) is 9.55. The number of carbonyl (C=O) groups excluding carboxylic acids is 1. The Morgan fingerprint density at radius 2 is 2.08 bits per heavy atom. The third kappa shape index (κ3) is 1.33. The number of nitrogens with zero attached hydrogens (tertiary/aromatic N) is 1. The zero-order valence-corrected chi connectivity index (χ0v) is 8.16. The number of aliphatic hydroxyl groups is 1. The molecule has 0 aromatic carbocycles. The quantitative estimate of drug-likeness (QED) is 0.628. The van der Waals surface area contributed by atoms with Gasteiger partial charge < -0.3 is 10.0 Å². The topological polar surface area (TPSA) is 40.5 Å². The van der Waals surface area contributed by atoms with Crippen LogP contribution in [0.5, 0.6) is 0 Å².